The summed E-state index contributed by atoms with van der Waals surface area (Å²) in [6, 6.07) is 0. The first-order valence-electron chi connectivity index (χ1n) is 5.68. The van der Waals surface area contributed by atoms with Crippen LogP contribution >= 0.6 is 0 Å². The topological polar surface area (TPSA) is 46.2 Å². The largest absolute Gasteiger partial charge is 0.350 e. The van der Waals surface area contributed by atoms with Crippen molar-refractivity contribution in [3.8, 4) is 0 Å². The molecule has 5 nitrogen and oxygen atoms in total. The van der Waals surface area contributed by atoms with E-state index in [1.165, 1.54) is 0 Å². The molecule has 0 atom stereocenters. The smallest absolute Gasteiger partial charge is 0.287 e. The lowest BCUT2D eigenvalue weighted by molar-refractivity contribution is -0.425. The third-order valence-corrected chi connectivity index (χ3v) is 2.73. The fourth-order valence-electron chi connectivity index (χ4n) is 1.99. The summed E-state index contributed by atoms with van der Waals surface area (Å²) < 4.78 is 27.5. The van der Waals surface area contributed by atoms with Crippen LogP contribution < -0.4 is 0 Å². The Balaban J connectivity index is 2.77. The first-order valence-corrected chi connectivity index (χ1v) is 5.68. The predicted molar refractivity (Wildman–Crippen MR) is 57.9 cm³/mol. The van der Waals surface area contributed by atoms with Crippen molar-refractivity contribution in [2.45, 2.75) is 38.4 Å². The van der Waals surface area contributed by atoms with Gasteiger partial charge >= 0.3 is 0 Å². The van der Waals surface area contributed by atoms with Gasteiger partial charge in [-0.15, -0.1) is 0 Å². The Hall–Kier alpha value is -0.200. The van der Waals surface area contributed by atoms with E-state index in [9.17, 15) is 0 Å². The molecular formula is C11H22O5. The van der Waals surface area contributed by atoms with Crippen LogP contribution in [0, 0.1) is 0 Å². The molecule has 0 unspecified atom stereocenters. The summed E-state index contributed by atoms with van der Waals surface area (Å²) in [5.74, 6) is -1.71. The second kappa shape index (κ2) is 5.93. The number of hydrogen-bond donors (Lipinski definition) is 0. The van der Waals surface area contributed by atoms with Crippen molar-refractivity contribution >= 4 is 0 Å². The van der Waals surface area contributed by atoms with Crippen LogP contribution in [-0.4, -0.2) is 45.8 Å². The minimum Gasteiger partial charge on any atom is -0.350 e. The molecule has 16 heavy (non-hydrogen) atoms. The Bertz CT molecular complexity index is 191. The maximum absolute atomic E-state index is 5.71. The minimum absolute atomic E-state index is 0.411. The van der Waals surface area contributed by atoms with E-state index in [2.05, 4.69) is 0 Å². The number of rotatable bonds is 6. The van der Waals surface area contributed by atoms with Gasteiger partial charge in [0.1, 0.15) is 0 Å². The third-order valence-electron chi connectivity index (χ3n) is 2.73. The van der Waals surface area contributed by atoms with E-state index < -0.39 is 11.8 Å². The van der Waals surface area contributed by atoms with Crippen LogP contribution in [0.5, 0.6) is 0 Å². The van der Waals surface area contributed by atoms with Gasteiger partial charge in [-0.1, -0.05) is 0 Å². The molecule has 0 aliphatic carbocycles. The van der Waals surface area contributed by atoms with Gasteiger partial charge in [0.2, 0.25) is 0 Å². The van der Waals surface area contributed by atoms with Gasteiger partial charge in [-0.3, -0.25) is 0 Å². The predicted octanol–water partition coefficient (Wildman–Crippen LogP) is 1.51. The van der Waals surface area contributed by atoms with Crippen LogP contribution in [0.1, 0.15) is 26.7 Å². The Morgan fingerprint density at radius 2 is 1.62 bits per heavy atom. The van der Waals surface area contributed by atoms with E-state index in [0.29, 0.717) is 32.7 Å². The van der Waals surface area contributed by atoms with E-state index in [0.717, 1.165) is 0 Å². The molecule has 1 heterocycles. The number of methoxy groups -OCH3 is 2. The molecule has 96 valence electrons. The second-order valence-corrected chi connectivity index (χ2v) is 3.64. The van der Waals surface area contributed by atoms with Crippen LogP contribution in [0.4, 0.5) is 0 Å². The molecule has 0 amide bonds. The molecule has 0 spiro atoms. The molecule has 1 rings (SSSR count). The van der Waals surface area contributed by atoms with Crippen molar-refractivity contribution in [1.29, 1.82) is 0 Å². The van der Waals surface area contributed by atoms with Gasteiger partial charge in [0.05, 0.1) is 13.0 Å². The molecule has 0 radical (unpaired) electrons. The van der Waals surface area contributed by atoms with E-state index in [1.807, 2.05) is 13.8 Å². The molecule has 5 heteroatoms. The summed E-state index contributed by atoms with van der Waals surface area (Å²) in [4.78, 5) is 0. The average Bonchev–Trinajstić information content (AvgIpc) is 2.30. The summed E-state index contributed by atoms with van der Waals surface area (Å²) in [6.45, 7) is 5.55. The van der Waals surface area contributed by atoms with E-state index >= 15 is 0 Å². The molecule has 1 aliphatic heterocycles. The Labute approximate surface area is 97.0 Å². The SMILES string of the molecule is CCOC1(OCC)CCOC(OC)(OC)C1. The lowest BCUT2D eigenvalue weighted by atomic mass is 10.0. The molecule has 1 fully saturated rings. The Morgan fingerprint density at radius 1 is 1.06 bits per heavy atom. The highest BCUT2D eigenvalue weighted by atomic mass is 16.9. The molecular weight excluding hydrogens is 212 g/mol. The second-order valence-electron chi connectivity index (χ2n) is 3.64. The van der Waals surface area contributed by atoms with Gasteiger partial charge in [-0.05, 0) is 13.8 Å². The van der Waals surface area contributed by atoms with Gasteiger partial charge in [-0.25, -0.2) is 0 Å². The molecule has 1 aliphatic rings. The summed E-state index contributed by atoms with van der Waals surface area (Å²) in [6.07, 6.45) is 1.10. The van der Waals surface area contributed by atoms with Crippen LogP contribution in [0.3, 0.4) is 0 Å². The molecule has 0 aromatic rings. The molecule has 0 bridgehead atoms. The quantitative estimate of drug-likeness (QED) is 0.652. The zero-order valence-corrected chi connectivity index (χ0v) is 10.6. The van der Waals surface area contributed by atoms with Gasteiger partial charge in [0.25, 0.3) is 5.97 Å². The minimum atomic E-state index is -1.05. The van der Waals surface area contributed by atoms with E-state index in [4.69, 9.17) is 23.7 Å². The standard InChI is InChI=1S/C11H22O5/c1-5-14-10(15-6-2)7-8-16-11(9-10,12-3)13-4/h5-9H2,1-4H3. The lowest BCUT2D eigenvalue weighted by Gasteiger charge is -2.44. The fraction of sp³-hybridized carbons (Fsp3) is 1.00. The van der Waals surface area contributed by atoms with Gasteiger partial charge < -0.3 is 23.7 Å². The van der Waals surface area contributed by atoms with Crippen molar-refractivity contribution in [2.75, 3.05) is 34.0 Å². The summed E-state index contributed by atoms with van der Waals surface area (Å²) in [5.41, 5.74) is 0. The van der Waals surface area contributed by atoms with Gasteiger partial charge in [-0.2, -0.15) is 0 Å². The van der Waals surface area contributed by atoms with Crippen molar-refractivity contribution in [3.05, 3.63) is 0 Å². The average molecular weight is 234 g/mol. The van der Waals surface area contributed by atoms with Crippen LogP contribution in [0.25, 0.3) is 0 Å². The molecule has 1 saturated heterocycles. The first-order chi connectivity index (χ1) is 7.66. The molecule has 0 aromatic heterocycles. The third kappa shape index (κ3) is 2.93. The Morgan fingerprint density at radius 3 is 2.06 bits per heavy atom. The highest BCUT2D eigenvalue weighted by Gasteiger charge is 2.48. The highest BCUT2D eigenvalue weighted by Crippen LogP contribution is 2.37. The van der Waals surface area contributed by atoms with Crippen molar-refractivity contribution in [3.63, 3.8) is 0 Å². The molecule has 0 N–H and O–H groups in total. The van der Waals surface area contributed by atoms with Crippen molar-refractivity contribution in [2.24, 2.45) is 0 Å². The van der Waals surface area contributed by atoms with E-state index in [1.54, 1.807) is 14.2 Å². The maximum atomic E-state index is 5.71. The van der Waals surface area contributed by atoms with Crippen LogP contribution in [0.2, 0.25) is 0 Å². The first kappa shape index (κ1) is 13.9. The summed E-state index contributed by atoms with van der Waals surface area (Å²) in [7, 11) is 3.11. The molecule has 0 aromatic carbocycles. The van der Waals surface area contributed by atoms with Crippen LogP contribution in [0.15, 0.2) is 0 Å². The summed E-state index contributed by atoms with van der Waals surface area (Å²) in [5, 5.41) is 0. The highest BCUT2D eigenvalue weighted by molar-refractivity contribution is 4.80. The van der Waals surface area contributed by atoms with Gasteiger partial charge in [0, 0.05) is 33.9 Å². The zero-order chi connectivity index (χ0) is 12.1. The number of hydrogen-bond acceptors (Lipinski definition) is 5. The molecule has 0 saturated carbocycles. The van der Waals surface area contributed by atoms with Crippen molar-refractivity contribution in [1.82, 2.24) is 0 Å². The van der Waals surface area contributed by atoms with Crippen LogP contribution in [-0.2, 0) is 23.7 Å². The Kier molecular flexibility index (Phi) is 5.14. The lowest BCUT2D eigenvalue weighted by Crippen LogP contribution is -2.53. The number of ether oxygens (including phenoxy) is 5. The van der Waals surface area contributed by atoms with Gasteiger partial charge in [0.15, 0.2) is 5.79 Å². The maximum Gasteiger partial charge on any atom is 0.287 e. The zero-order valence-electron chi connectivity index (χ0n) is 10.6. The summed E-state index contributed by atoms with van der Waals surface area (Å²) >= 11 is 0. The normalized spacial score (nSPS) is 23.2. The van der Waals surface area contributed by atoms with Crippen molar-refractivity contribution < 1.29 is 23.7 Å². The fourth-order valence-corrected chi connectivity index (χ4v) is 1.99. The van der Waals surface area contributed by atoms with E-state index in [-0.39, 0.29) is 0 Å². The monoisotopic (exact) mass is 234 g/mol.